The number of aromatic nitrogens is 3. The molecule has 1 atom stereocenters. The van der Waals surface area contributed by atoms with Crippen LogP contribution in [0, 0.1) is 0 Å². The molecule has 1 aliphatic heterocycles. The number of amides is 1. The molecule has 138 valence electrons. The van der Waals surface area contributed by atoms with E-state index in [9.17, 15) is 4.79 Å². The van der Waals surface area contributed by atoms with Crippen LogP contribution < -0.4 is 0 Å². The first-order chi connectivity index (χ1) is 13.2. The first-order valence-electron chi connectivity index (χ1n) is 9.30. The first kappa shape index (κ1) is 17.4. The van der Waals surface area contributed by atoms with Gasteiger partial charge in [0.25, 0.3) is 5.89 Å². The van der Waals surface area contributed by atoms with Crippen molar-refractivity contribution in [1.82, 2.24) is 20.0 Å². The third kappa shape index (κ3) is 3.74. The van der Waals surface area contributed by atoms with Crippen LogP contribution in [0.15, 0.2) is 59.4 Å². The molecule has 3 heterocycles. The molecule has 0 aliphatic carbocycles. The van der Waals surface area contributed by atoms with Crippen molar-refractivity contribution in [2.45, 2.75) is 31.6 Å². The maximum absolute atomic E-state index is 12.8. The van der Waals surface area contributed by atoms with Crippen molar-refractivity contribution >= 4 is 5.91 Å². The molecule has 1 aromatic carbocycles. The molecule has 3 aromatic rings. The number of piperidine rings is 1. The molecule has 1 amide bonds. The molecule has 0 unspecified atom stereocenters. The van der Waals surface area contributed by atoms with Gasteiger partial charge in [0.2, 0.25) is 5.91 Å². The van der Waals surface area contributed by atoms with Gasteiger partial charge in [0.05, 0.1) is 5.92 Å². The van der Waals surface area contributed by atoms with E-state index in [0.717, 1.165) is 42.9 Å². The Morgan fingerprint density at radius 2 is 1.81 bits per heavy atom. The Balaban J connectivity index is 1.38. The minimum Gasteiger partial charge on any atom is -0.342 e. The van der Waals surface area contributed by atoms with Crippen molar-refractivity contribution < 1.29 is 9.32 Å². The molecule has 0 spiro atoms. The maximum atomic E-state index is 12.8. The van der Waals surface area contributed by atoms with Crippen molar-refractivity contribution in [1.29, 1.82) is 0 Å². The molecule has 1 saturated heterocycles. The summed E-state index contributed by atoms with van der Waals surface area (Å²) < 4.78 is 5.40. The largest absolute Gasteiger partial charge is 0.342 e. The smallest absolute Gasteiger partial charge is 0.258 e. The highest BCUT2D eigenvalue weighted by Gasteiger charge is 2.29. The standard InChI is InChI=1S/C21H22N4O2/c1-15(16-5-3-2-4-6-16)21(26)25-13-9-17(10-14-25)19-23-20(27-24-19)18-7-11-22-12-8-18/h2-8,11-12,15,17H,9-10,13-14H2,1H3/t15-/m0/s1. The lowest BCUT2D eigenvalue weighted by molar-refractivity contribution is -0.133. The Morgan fingerprint density at radius 3 is 2.52 bits per heavy atom. The highest BCUT2D eigenvalue weighted by molar-refractivity contribution is 5.83. The monoisotopic (exact) mass is 362 g/mol. The van der Waals surface area contributed by atoms with Crippen LogP contribution in [0.3, 0.4) is 0 Å². The molecule has 0 radical (unpaired) electrons. The van der Waals surface area contributed by atoms with Gasteiger partial charge in [-0.3, -0.25) is 9.78 Å². The number of nitrogens with zero attached hydrogens (tertiary/aromatic N) is 4. The van der Waals surface area contributed by atoms with E-state index in [1.165, 1.54) is 0 Å². The highest BCUT2D eigenvalue weighted by atomic mass is 16.5. The van der Waals surface area contributed by atoms with Crippen LogP contribution >= 0.6 is 0 Å². The summed E-state index contributed by atoms with van der Waals surface area (Å²) >= 11 is 0. The zero-order valence-corrected chi connectivity index (χ0v) is 15.3. The molecule has 4 rings (SSSR count). The van der Waals surface area contributed by atoms with Gasteiger partial charge in [-0.15, -0.1) is 0 Å². The molecule has 0 bridgehead atoms. The Kier molecular flexibility index (Phi) is 4.96. The summed E-state index contributed by atoms with van der Waals surface area (Å²) in [5.74, 6) is 1.53. The van der Waals surface area contributed by atoms with E-state index in [1.54, 1.807) is 12.4 Å². The zero-order chi connectivity index (χ0) is 18.6. The molecule has 27 heavy (non-hydrogen) atoms. The van der Waals surface area contributed by atoms with Gasteiger partial charge in [0.15, 0.2) is 5.82 Å². The highest BCUT2D eigenvalue weighted by Crippen LogP contribution is 2.29. The molecule has 0 N–H and O–H groups in total. The van der Waals surface area contributed by atoms with Gasteiger partial charge < -0.3 is 9.42 Å². The van der Waals surface area contributed by atoms with E-state index in [4.69, 9.17) is 4.52 Å². The quantitative estimate of drug-likeness (QED) is 0.708. The number of rotatable bonds is 4. The van der Waals surface area contributed by atoms with Gasteiger partial charge in [0.1, 0.15) is 0 Å². The molecule has 2 aromatic heterocycles. The minimum absolute atomic E-state index is 0.119. The molecule has 1 fully saturated rings. The van der Waals surface area contributed by atoms with Crippen LogP contribution in [-0.4, -0.2) is 39.0 Å². The van der Waals surface area contributed by atoms with E-state index >= 15 is 0 Å². The molecule has 6 nitrogen and oxygen atoms in total. The molecule has 6 heteroatoms. The molecular formula is C21H22N4O2. The topological polar surface area (TPSA) is 72.1 Å². The van der Waals surface area contributed by atoms with E-state index < -0.39 is 0 Å². The Labute approximate surface area is 158 Å². The first-order valence-corrected chi connectivity index (χ1v) is 9.30. The number of likely N-dealkylation sites (tertiary alicyclic amines) is 1. The number of carbonyl (C=O) groups excluding carboxylic acids is 1. The minimum atomic E-state index is -0.119. The van der Waals surface area contributed by atoms with Crippen molar-refractivity contribution in [3.05, 3.63) is 66.2 Å². The lowest BCUT2D eigenvalue weighted by Gasteiger charge is -2.32. The van der Waals surface area contributed by atoms with E-state index in [1.807, 2.05) is 54.3 Å². The Bertz CT molecular complexity index is 887. The van der Waals surface area contributed by atoms with E-state index in [2.05, 4.69) is 15.1 Å². The van der Waals surface area contributed by atoms with Gasteiger partial charge in [-0.2, -0.15) is 4.98 Å². The second-order valence-corrected chi connectivity index (χ2v) is 6.93. The molecule has 1 aliphatic rings. The molecule has 0 saturated carbocycles. The van der Waals surface area contributed by atoms with Crippen molar-refractivity contribution in [2.24, 2.45) is 0 Å². The van der Waals surface area contributed by atoms with Crippen molar-refractivity contribution in [3.8, 4) is 11.5 Å². The van der Waals surface area contributed by atoms with Crippen LogP contribution in [0.25, 0.3) is 11.5 Å². The van der Waals surface area contributed by atoms with Crippen LogP contribution in [0.2, 0.25) is 0 Å². The van der Waals surface area contributed by atoms with Gasteiger partial charge in [0, 0.05) is 37.0 Å². The summed E-state index contributed by atoms with van der Waals surface area (Å²) in [5.41, 5.74) is 1.93. The fourth-order valence-electron chi connectivity index (χ4n) is 3.53. The van der Waals surface area contributed by atoms with Gasteiger partial charge in [-0.1, -0.05) is 35.5 Å². The second kappa shape index (κ2) is 7.70. The number of hydrogen-bond donors (Lipinski definition) is 0. The SMILES string of the molecule is C[C@H](C(=O)N1CCC(c2noc(-c3ccncc3)n2)CC1)c1ccccc1. The fraction of sp³-hybridized carbons (Fsp3) is 0.333. The summed E-state index contributed by atoms with van der Waals surface area (Å²) in [6, 6.07) is 13.6. The molecular weight excluding hydrogens is 340 g/mol. The van der Waals surface area contributed by atoms with Crippen molar-refractivity contribution in [2.75, 3.05) is 13.1 Å². The van der Waals surface area contributed by atoms with Gasteiger partial charge in [-0.25, -0.2) is 0 Å². The average Bonchev–Trinajstić information content (AvgIpc) is 3.24. The summed E-state index contributed by atoms with van der Waals surface area (Å²) in [5, 5.41) is 4.16. The third-order valence-electron chi connectivity index (χ3n) is 5.21. The van der Waals surface area contributed by atoms with Gasteiger partial charge in [-0.05, 0) is 37.5 Å². The lowest BCUT2D eigenvalue weighted by atomic mass is 9.93. The summed E-state index contributed by atoms with van der Waals surface area (Å²) in [6.45, 7) is 3.42. The number of carbonyl (C=O) groups is 1. The predicted octanol–water partition coefficient (Wildman–Crippen LogP) is 3.64. The third-order valence-corrected chi connectivity index (χ3v) is 5.21. The summed E-state index contributed by atoms with van der Waals surface area (Å²) in [4.78, 5) is 23.3. The van der Waals surface area contributed by atoms with E-state index in [-0.39, 0.29) is 17.7 Å². The zero-order valence-electron chi connectivity index (χ0n) is 15.3. The summed E-state index contributed by atoms with van der Waals surface area (Å²) in [6.07, 6.45) is 5.11. The van der Waals surface area contributed by atoms with Crippen molar-refractivity contribution in [3.63, 3.8) is 0 Å². The fourth-order valence-corrected chi connectivity index (χ4v) is 3.53. The summed E-state index contributed by atoms with van der Waals surface area (Å²) in [7, 11) is 0. The number of pyridine rings is 1. The van der Waals surface area contributed by atoms with Crippen LogP contribution in [0.1, 0.15) is 43.0 Å². The second-order valence-electron chi connectivity index (χ2n) is 6.93. The van der Waals surface area contributed by atoms with Crippen LogP contribution in [0.4, 0.5) is 0 Å². The average molecular weight is 362 g/mol. The lowest BCUT2D eigenvalue weighted by Crippen LogP contribution is -2.40. The van der Waals surface area contributed by atoms with Crippen LogP contribution in [0.5, 0.6) is 0 Å². The van der Waals surface area contributed by atoms with Gasteiger partial charge >= 0.3 is 0 Å². The van der Waals surface area contributed by atoms with E-state index in [0.29, 0.717) is 5.89 Å². The van der Waals surface area contributed by atoms with Crippen LogP contribution in [-0.2, 0) is 4.79 Å². The number of hydrogen-bond acceptors (Lipinski definition) is 5. The Morgan fingerprint density at radius 1 is 1.11 bits per heavy atom. The Hall–Kier alpha value is -3.02. The predicted molar refractivity (Wildman–Crippen MR) is 101 cm³/mol. The maximum Gasteiger partial charge on any atom is 0.258 e. The number of benzene rings is 1. The normalized spacial score (nSPS) is 16.3.